The Balaban J connectivity index is 2.29. The summed E-state index contributed by atoms with van der Waals surface area (Å²) in [7, 11) is 2.24. The topological polar surface area (TPSA) is 18.5 Å². The summed E-state index contributed by atoms with van der Waals surface area (Å²) < 4.78 is 0. The van der Waals surface area contributed by atoms with Gasteiger partial charge in [-0.15, -0.1) is 0 Å². The molecule has 0 amide bonds. The van der Waals surface area contributed by atoms with E-state index in [-0.39, 0.29) is 0 Å². The molecule has 0 aromatic heterocycles. The predicted molar refractivity (Wildman–Crippen MR) is 75.4 cm³/mol. The van der Waals surface area contributed by atoms with Crippen molar-refractivity contribution in [3.05, 3.63) is 12.2 Å². The largest absolute Gasteiger partial charge is 0.311 e. The molecule has 1 rings (SSSR count). The molecule has 1 aliphatic rings. The second-order valence-electron chi connectivity index (χ2n) is 5.56. The molecular weight excluding hydrogens is 210 g/mol. The van der Waals surface area contributed by atoms with Crippen LogP contribution in [0.1, 0.15) is 27.2 Å². The van der Waals surface area contributed by atoms with Crippen LogP contribution in [0, 0.1) is 0 Å². The van der Waals surface area contributed by atoms with Gasteiger partial charge in [0.1, 0.15) is 0 Å². The Kier molecular flexibility index (Phi) is 6.17. The third-order valence-corrected chi connectivity index (χ3v) is 3.54. The van der Waals surface area contributed by atoms with Crippen LogP contribution in [0.2, 0.25) is 0 Å². The third-order valence-electron chi connectivity index (χ3n) is 3.54. The molecule has 100 valence electrons. The lowest BCUT2D eigenvalue weighted by Gasteiger charge is -2.39. The van der Waals surface area contributed by atoms with Gasteiger partial charge in [0.2, 0.25) is 0 Å². The van der Waals surface area contributed by atoms with Crippen molar-refractivity contribution in [2.75, 3.05) is 39.8 Å². The number of likely N-dealkylation sites (N-methyl/N-ethyl adjacent to an activating group) is 1. The van der Waals surface area contributed by atoms with Crippen molar-refractivity contribution in [3.8, 4) is 0 Å². The van der Waals surface area contributed by atoms with Crippen molar-refractivity contribution < 1.29 is 0 Å². The molecule has 0 aliphatic carbocycles. The van der Waals surface area contributed by atoms with Crippen molar-refractivity contribution in [1.82, 2.24) is 15.1 Å². The summed E-state index contributed by atoms with van der Waals surface area (Å²) in [6.45, 7) is 16.3. The van der Waals surface area contributed by atoms with Gasteiger partial charge in [-0.25, -0.2) is 0 Å². The van der Waals surface area contributed by atoms with E-state index in [0.717, 1.165) is 19.1 Å². The van der Waals surface area contributed by atoms with E-state index in [2.05, 4.69) is 49.5 Å². The van der Waals surface area contributed by atoms with Crippen LogP contribution in [-0.2, 0) is 0 Å². The molecule has 0 saturated carbocycles. The van der Waals surface area contributed by atoms with Gasteiger partial charge in [0.25, 0.3) is 0 Å². The fraction of sp³-hybridized carbons (Fsp3) is 0.857. The molecule has 0 spiro atoms. The van der Waals surface area contributed by atoms with Gasteiger partial charge in [0, 0.05) is 44.8 Å². The van der Waals surface area contributed by atoms with Crippen molar-refractivity contribution in [3.63, 3.8) is 0 Å². The van der Waals surface area contributed by atoms with E-state index in [1.807, 2.05) is 0 Å². The zero-order valence-electron chi connectivity index (χ0n) is 12.0. The molecule has 1 saturated heterocycles. The van der Waals surface area contributed by atoms with Gasteiger partial charge in [-0.2, -0.15) is 0 Å². The van der Waals surface area contributed by atoms with E-state index in [1.54, 1.807) is 0 Å². The molecule has 0 aromatic carbocycles. The molecule has 1 atom stereocenters. The molecule has 1 unspecified atom stereocenters. The highest BCUT2D eigenvalue weighted by Crippen LogP contribution is 2.11. The first-order valence-corrected chi connectivity index (χ1v) is 6.85. The minimum atomic E-state index is 0.544. The highest BCUT2D eigenvalue weighted by molar-refractivity contribution is 5.01. The van der Waals surface area contributed by atoms with Crippen molar-refractivity contribution in [2.45, 2.75) is 39.3 Å². The van der Waals surface area contributed by atoms with Crippen LogP contribution < -0.4 is 5.32 Å². The van der Waals surface area contributed by atoms with E-state index in [4.69, 9.17) is 0 Å². The molecule has 1 N–H and O–H groups in total. The van der Waals surface area contributed by atoms with E-state index >= 15 is 0 Å². The Labute approximate surface area is 107 Å². The van der Waals surface area contributed by atoms with Crippen LogP contribution in [0.5, 0.6) is 0 Å². The van der Waals surface area contributed by atoms with Crippen molar-refractivity contribution in [1.29, 1.82) is 0 Å². The first-order valence-electron chi connectivity index (χ1n) is 6.85. The molecule has 0 radical (unpaired) electrons. The van der Waals surface area contributed by atoms with Gasteiger partial charge in [-0.3, -0.25) is 4.90 Å². The van der Waals surface area contributed by atoms with Gasteiger partial charge in [0.15, 0.2) is 0 Å². The van der Waals surface area contributed by atoms with E-state index < -0.39 is 0 Å². The number of hydrogen-bond acceptors (Lipinski definition) is 3. The summed E-state index contributed by atoms with van der Waals surface area (Å²) >= 11 is 0. The van der Waals surface area contributed by atoms with E-state index in [1.165, 1.54) is 31.6 Å². The molecular formula is C14H29N3. The fourth-order valence-corrected chi connectivity index (χ4v) is 2.32. The Morgan fingerprint density at radius 2 is 2.12 bits per heavy atom. The molecule has 1 fully saturated rings. The van der Waals surface area contributed by atoms with E-state index in [9.17, 15) is 0 Å². The highest BCUT2D eigenvalue weighted by atomic mass is 15.3. The van der Waals surface area contributed by atoms with Crippen LogP contribution in [0.15, 0.2) is 12.2 Å². The number of hydrogen-bond donors (Lipinski definition) is 1. The smallest absolute Gasteiger partial charge is 0.0218 e. The lowest BCUT2D eigenvalue weighted by Crippen LogP contribution is -2.51. The molecule has 3 heteroatoms. The van der Waals surface area contributed by atoms with Crippen LogP contribution in [0.4, 0.5) is 0 Å². The normalized spacial score (nSPS) is 23.2. The molecule has 17 heavy (non-hydrogen) atoms. The average Bonchev–Trinajstić information content (AvgIpc) is 2.29. The quantitative estimate of drug-likeness (QED) is 0.710. The maximum absolute atomic E-state index is 4.17. The predicted octanol–water partition coefficient (Wildman–Crippen LogP) is 1.57. The van der Waals surface area contributed by atoms with Gasteiger partial charge in [-0.1, -0.05) is 27.4 Å². The van der Waals surface area contributed by atoms with Gasteiger partial charge in [0.05, 0.1) is 0 Å². The SMILES string of the molecule is C=C(CNC(C)C)CN1CCN(C)C(CC)C1. The van der Waals surface area contributed by atoms with Crippen molar-refractivity contribution in [2.24, 2.45) is 0 Å². The molecule has 1 heterocycles. The second kappa shape index (κ2) is 7.14. The molecule has 0 aromatic rings. The lowest BCUT2D eigenvalue weighted by atomic mass is 10.1. The lowest BCUT2D eigenvalue weighted by molar-refractivity contribution is 0.0996. The second-order valence-corrected chi connectivity index (χ2v) is 5.56. The van der Waals surface area contributed by atoms with Crippen LogP contribution in [0.3, 0.4) is 0 Å². The van der Waals surface area contributed by atoms with Crippen LogP contribution in [0.25, 0.3) is 0 Å². The first-order chi connectivity index (χ1) is 8.02. The maximum Gasteiger partial charge on any atom is 0.0218 e. The summed E-state index contributed by atoms with van der Waals surface area (Å²) in [6, 6.07) is 1.26. The molecule has 3 nitrogen and oxygen atoms in total. The van der Waals surface area contributed by atoms with Gasteiger partial charge < -0.3 is 10.2 Å². The fourth-order valence-electron chi connectivity index (χ4n) is 2.32. The summed E-state index contributed by atoms with van der Waals surface area (Å²) in [5.74, 6) is 0. The Bertz CT molecular complexity index is 238. The maximum atomic E-state index is 4.17. The van der Waals surface area contributed by atoms with Gasteiger partial charge in [-0.05, 0) is 19.0 Å². The molecule has 1 aliphatic heterocycles. The van der Waals surface area contributed by atoms with Crippen LogP contribution >= 0.6 is 0 Å². The zero-order chi connectivity index (χ0) is 12.8. The minimum Gasteiger partial charge on any atom is -0.311 e. The first kappa shape index (κ1) is 14.7. The number of nitrogens with one attached hydrogen (secondary N) is 1. The number of nitrogens with zero attached hydrogens (tertiary/aromatic N) is 2. The zero-order valence-corrected chi connectivity index (χ0v) is 12.0. The number of rotatable bonds is 6. The Morgan fingerprint density at radius 1 is 1.41 bits per heavy atom. The summed E-state index contributed by atoms with van der Waals surface area (Å²) in [6.07, 6.45) is 1.24. The number of piperazine rings is 1. The van der Waals surface area contributed by atoms with Gasteiger partial charge >= 0.3 is 0 Å². The standard InChI is InChI=1S/C14H29N3/c1-6-14-11-17(8-7-16(14)5)10-13(4)9-15-12(2)3/h12,14-15H,4,6-11H2,1-3,5H3. The summed E-state index contributed by atoms with van der Waals surface area (Å²) in [4.78, 5) is 5.02. The minimum absolute atomic E-state index is 0.544. The summed E-state index contributed by atoms with van der Waals surface area (Å²) in [5, 5.41) is 3.43. The Morgan fingerprint density at radius 3 is 2.71 bits per heavy atom. The van der Waals surface area contributed by atoms with E-state index in [0.29, 0.717) is 6.04 Å². The highest BCUT2D eigenvalue weighted by Gasteiger charge is 2.22. The monoisotopic (exact) mass is 239 g/mol. The molecule has 0 bridgehead atoms. The van der Waals surface area contributed by atoms with Crippen molar-refractivity contribution >= 4 is 0 Å². The third kappa shape index (κ3) is 5.19. The van der Waals surface area contributed by atoms with Crippen LogP contribution in [-0.4, -0.2) is 61.7 Å². The average molecular weight is 239 g/mol. The summed E-state index contributed by atoms with van der Waals surface area (Å²) in [5.41, 5.74) is 1.30. The Hall–Kier alpha value is -0.380.